The van der Waals surface area contributed by atoms with E-state index in [0.29, 0.717) is 0 Å². The van der Waals surface area contributed by atoms with E-state index in [9.17, 15) is 0 Å². The highest BCUT2D eigenvalue weighted by molar-refractivity contribution is 7.99. The van der Waals surface area contributed by atoms with E-state index in [-0.39, 0.29) is 0 Å². The van der Waals surface area contributed by atoms with E-state index < -0.39 is 22.4 Å². The fraction of sp³-hybridized carbons (Fsp3) is 0.0256. The molecule has 6 aromatic carbocycles. The van der Waals surface area contributed by atoms with Crippen LogP contribution in [0.15, 0.2) is 170 Å². The zero-order valence-corrected chi connectivity index (χ0v) is 26.6. The first-order chi connectivity index (χ1) is 20.5. The van der Waals surface area contributed by atoms with Gasteiger partial charge in [0.25, 0.3) is 0 Å². The average Bonchev–Trinajstić information content (AvgIpc) is 3.09. The molecule has 0 nitrogen and oxygen atoms in total. The smallest absolute Gasteiger partial charge is 0.0827 e. The molecule has 6 rings (SSSR count). The van der Waals surface area contributed by atoms with Crippen LogP contribution < -0.4 is 42.4 Å². The maximum absolute atomic E-state index is 5.10. The lowest BCUT2D eigenvalue weighted by atomic mass is 10.3. The van der Waals surface area contributed by atoms with Crippen molar-refractivity contribution in [2.45, 2.75) is 0 Å². The van der Waals surface area contributed by atoms with Crippen molar-refractivity contribution in [1.29, 1.82) is 0 Å². The third-order valence-corrected chi connectivity index (χ3v) is 17.8. The minimum absolute atomic E-state index is 0.727. The van der Waals surface area contributed by atoms with Gasteiger partial charge in [-0.2, -0.15) is 13.3 Å². The first-order valence-electron chi connectivity index (χ1n) is 14.2. The lowest BCUT2D eigenvalue weighted by Crippen LogP contribution is -2.41. The number of rotatable bonds is 8. The predicted octanol–water partition coefficient (Wildman–Crippen LogP) is 6.92. The first-order valence-corrected chi connectivity index (χ1v) is 19.9. The van der Waals surface area contributed by atoms with Crippen LogP contribution in [0.1, 0.15) is 0 Å². The van der Waals surface area contributed by atoms with Crippen molar-refractivity contribution < 1.29 is 0 Å². The maximum atomic E-state index is 5.10. The van der Waals surface area contributed by atoms with Crippen LogP contribution in [0.25, 0.3) is 0 Å². The molecule has 0 aromatic heterocycles. The first kappa shape index (κ1) is 28.7. The predicted molar refractivity (Wildman–Crippen MR) is 193 cm³/mol. The summed E-state index contributed by atoms with van der Waals surface area (Å²) in [5.41, 5.74) is 0. The molecular formula is C39H35P3. The van der Waals surface area contributed by atoms with Crippen LogP contribution in [-0.4, -0.2) is 6.66 Å². The highest BCUT2D eigenvalue weighted by Crippen LogP contribution is 2.56. The Hall–Kier alpha value is -3.39. The van der Waals surface area contributed by atoms with Crippen LogP contribution in [-0.2, 0) is 0 Å². The molecule has 0 spiro atoms. The van der Waals surface area contributed by atoms with E-state index in [4.69, 9.17) is 13.3 Å². The van der Waals surface area contributed by atoms with Gasteiger partial charge in [-0.25, -0.2) is 0 Å². The monoisotopic (exact) mass is 596 g/mol. The number of hydrogen-bond acceptors (Lipinski definition) is 0. The topological polar surface area (TPSA) is 0 Å². The third-order valence-electron chi connectivity index (χ3n) is 8.10. The van der Waals surface area contributed by atoms with Crippen LogP contribution in [0.5, 0.6) is 0 Å². The van der Waals surface area contributed by atoms with Crippen LogP contribution >= 0.6 is 22.4 Å². The SMILES string of the molecule is [CH2-][P+](c1ccccc1)(c1ccccc1)c1ccccc1P(C)c1ccccc1[P+]([CH2-])(c1ccccc1)c1ccccc1. The van der Waals surface area contributed by atoms with Crippen molar-refractivity contribution >= 4 is 64.9 Å². The Kier molecular flexibility index (Phi) is 8.52. The van der Waals surface area contributed by atoms with E-state index >= 15 is 0 Å². The summed E-state index contributed by atoms with van der Waals surface area (Å²) in [7, 11) is -5.03. The fourth-order valence-electron chi connectivity index (χ4n) is 5.86. The van der Waals surface area contributed by atoms with E-state index in [0.717, 1.165) is 0 Å². The Morgan fingerprint density at radius 3 is 0.881 bits per heavy atom. The lowest BCUT2D eigenvalue weighted by Gasteiger charge is -2.35. The summed E-state index contributed by atoms with van der Waals surface area (Å²) in [6, 6.07) is 61.7. The van der Waals surface area contributed by atoms with Crippen LogP contribution in [0.2, 0.25) is 0 Å². The van der Waals surface area contributed by atoms with Crippen molar-refractivity contribution in [1.82, 2.24) is 0 Å². The molecule has 42 heavy (non-hydrogen) atoms. The minimum atomic E-state index is -2.15. The zero-order chi connectivity index (χ0) is 29.0. The van der Waals surface area contributed by atoms with Crippen molar-refractivity contribution in [2.75, 3.05) is 6.66 Å². The normalized spacial score (nSPS) is 11.9. The van der Waals surface area contributed by atoms with Gasteiger partial charge in [0.15, 0.2) is 0 Å². The molecular weight excluding hydrogens is 561 g/mol. The second-order valence-corrected chi connectivity index (χ2v) is 18.8. The van der Waals surface area contributed by atoms with Gasteiger partial charge >= 0.3 is 0 Å². The molecule has 0 aliphatic rings. The van der Waals surface area contributed by atoms with Gasteiger partial charge in [0.2, 0.25) is 0 Å². The summed E-state index contributed by atoms with van der Waals surface area (Å²) in [6.07, 6.45) is 0. The van der Waals surface area contributed by atoms with Gasteiger partial charge in [-0.15, -0.1) is 0 Å². The zero-order valence-electron chi connectivity index (χ0n) is 23.9. The summed E-state index contributed by atoms with van der Waals surface area (Å²) < 4.78 is 0. The van der Waals surface area contributed by atoms with Gasteiger partial charge in [-0.3, -0.25) is 0 Å². The third kappa shape index (κ3) is 5.19. The Labute approximate surface area is 253 Å². The highest BCUT2D eigenvalue weighted by Gasteiger charge is 2.39. The maximum Gasteiger partial charge on any atom is 0.0827 e. The number of hydrogen-bond donors (Lipinski definition) is 0. The second kappa shape index (κ2) is 12.5. The summed E-state index contributed by atoms with van der Waals surface area (Å²) in [5, 5.41) is 10.7. The molecule has 0 N–H and O–H groups in total. The molecule has 0 saturated heterocycles. The molecule has 6 aromatic rings. The van der Waals surface area contributed by atoms with Crippen molar-refractivity contribution in [3.8, 4) is 0 Å². The Bertz CT molecular complexity index is 1540. The molecule has 0 unspecified atom stereocenters. The summed E-state index contributed by atoms with van der Waals surface area (Å²) in [4.78, 5) is 0. The molecule has 0 atom stereocenters. The summed E-state index contributed by atoms with van der Waals surface area (Å²) >= 11 is 0. The van der Waals surface area contributed by atoms with E-state index in [2.05, 4.69) is 177 Å². The standard InChI is InChI=1S/C39H35P3/c1-40(36-28-16-18-30-38(36)41(2,32-20-8-4-9-21-32)33-22-10-5-11-23-33)37-29-17-19-31-39(37)42(3,34-24-12-6-13-25-34)35-26-14-7-15-27-35/h4-31H,2-3H2,1H3. The van der Waals surface area contributed by atoms with E-state index in [1.807, 2.05) is 0 Å². The van der Waals surface area contributed by atoms with Crippen LogP contribution in [0.4, 0.5) is 0 Å². The summed E-state index contributed by atoms with van der Waals surface area (Å²) in [5.74, 6) is 0. The quantitative estimate of drug-likeness (QED) is 0.132. The highest BCUT2D eigenvalue weighted by atomic mass is 31.2. The molecule has 0 saturated carbocycles. The number of benzene rings is 6. The molecule has 0 heterocycles. The van der Waals surface area contributed by atoms with E-state index in [1.54, 1.807) is 0 Å². The average molecular weight is 597 g/mol. The van der Waals surface area contributed by atoms with Gasteiger partial charge in [0.1, 0.15) is 0 Å². The van der Waals surface area contributed by atoms with Gasteiger partial charge in [0, 0.05) is 10.6 Å². The molecule has 206 valence electrons. The Morgan fingerprint density at radius 2 is 0.595 bits per heavy atom. The van der Waals surface area contributed by atoms with Crippen LogP contribution in [0, 0.1) is 13.3 Å². The van der Waals surface area contributed by atoms with Gasteiger partial charge < -0.3 is 0 Å². The van der Waals surface area contributed by atoms with Gasteiger partial charge in [-0.05, 0) is 89.8 Å². The van der Waals surface area contributed by atoms with Crippen molar-refractivity contribution in [3.63, 3.8) is 0 Å². The minimum Gasteiger partial charge on any atom is -0.165 e. The Morgan fingerprint density at radius 1 is 0.357 bits per heavy atom. The molecule has 0 bridgehead atoms. The largest absolute Gasteiger partial charge is 0.165 e. The van der Waals surface area contributed by atoms with Gasteiger partial charge in [-0.1, -0.05) is 109 Å². The molecule has 3 heteroatoms. The molecule has 0 aliphatic carbocycles. The second-order valence-electron chi connectivity index (χ2n) is 10.5. The lowest BCUT2D eigenvalue weighted by molar-refractivity contribution is 1.73. The molecule has 0 aliphatic heterocycles. The van der Waals surface area contributed by atoms with E-state index in [1.165, 1.54) is 42.4 Å². The van der Waals surface area contributed by atoms with Crippen LogP contribution in [0.3, 0.4) is 0 Å². The summed E-state index contributed by atoms with van der Waals surface area (Å²) in [6.45, 7) is 12.6. The van der Waals surface area contributed by atoms with Crippen molar-refractivity contribution in [2.24, 2.45) is 0 Å². The van der Waals surface area contributed by atoms with Gasteiger partial charge in [0.05, 0.1) is 31.8 Å². The molecule has 0 amide bonds. The Balaban J connectivity index is 1.57. The molecule has 0 fully saturated rings. The fourth-order valence-corrected chi connectivity index (χ4v) is 15.5. The molecule has 0 radical (unpaired) electrons. The van der Waals surface area contributed by atoms with Crippen molar-refractivity contribution in [3.05, 3.63) is 183 Å².